The molecule has 1 aliphatic heterocycles. The van der Waals surface area contributed by atoms with E-state index in [1.54, 1.807) is 0 Å². The summed E-state index contributed by atoms with van der Waals surface area (Å²) in [5.41, 5.74) is 0. The molecule has 1 saturated heterocycles. The van der Waals surface area contributed by atoms with Crippen LogP contribution in [0.15, 0.2) is 0 Å². The summed E-state index contributed by atoms with van der Waals surface area (Å²) in [6.07, 6.45) is 5.36. The molecule has 0 bridgehead atoms. The summed E-state index contributed by atoms with van der Waals surface area (Å²) in [7, 11) is 0. The van der Waals surface area contributed by atoms with Crippen LogP contribution < -0.4 is 5.32 Å². The van der Waals surface area contributed by atoms with E-state index < -0.39 is 0 Å². The highest BCUT2D eigenvalue weighted by Crippen LogP contribution is 2.14. The van der Waals surface area contributed by atoms with Gasteiger partial charge in [0.1, 0.15) is 5.78 Å². The van der Waals surface area contributed by atoms with Crippen molar-refractivity contribution in [3.63, 3.8) is 0 Å². The summed E-state index contributed by atoms with van der Waals surface area (Å²) < 4.78 is 0. The number of piperidine rings is 1. The van der Waals surface area contributed by atoms with Crippen LogP contribution in [0.4, 0.5) is 0 Å². The average molecular weight is 183 g/mol. The third-order valence-corrected chi connectivity index (χ3v) is 2.95. The Balaban J connectivity index is 2.29. The molecule has 0 aromatic carbocycles. The van der Waals surface area contributed by atoms with Crippen LogP contribution in [-0.4, -0.2) is 18.4 Å². The van der Waals surface area contributed by atoms with Gasteiger partial charge in [0.2, 0.25) is 0 Å². The molecule has 1 heterocycles. The standard InChI is InChI=1S/C11H21NO/c1-3-9(2)8-11(13)10-6-4-5-7-12-10/h9-10,12H,3-8H2,1-2H3. The molecule has 2 nitrogen and oxygen atoms in total. The molecule has 0 spiro atoms. The Morgan fingerprint density at radius 2 is 2.31 bits per heavy atom. The van der Waals surface area contributed by atoms with E-state index in [9.17, 15) is 4.79 Å². The van der Waals surface area contributed by atoms with E-state index in [2.05, 4.69) is 19.2 Å². The Morgan fingerprint density at radius 3 is 2.85 bits per heavy atom. The molecule has 1 rings (SSSR count). The second kappa shape index (κ2) is 5.38. The summed E-state index contributed by atoms with van der Waals surface area (Å²) in [5.74, 6) is 0.977. The van der Waals surface area contributed by atoms with Gasteiger partial charge in [-0.1, -0.05) is 26.7 Å². The van der Waals surface area contributed by atoms with Crippen LogP contribution in [0.2, 0.25) is 0 Å². The van der Waals surface area contributed by atoms with Crippen LogP contribution in [0.5, 0.6) is 0 Å². The number of carbonyl (C=O) groups is 1. The summed E-state index contributed by atoms with van der Waals surface area (Å²) in [4.78, 5) is 11.7. The van der Waals surface area contributed by atoms with Crippen LogP contribution in [-0.2, 0) is 4.79 Å². The Morgan fingerprint density at radius 1 is 1.54 bits per heavy atom. The zero-order valence-electron chi connectivity index (χ0n) is 8.81. The number of carbonyl (C=O) groups excluding carboxylic acids is 1. The van der Waals surface area contributed by atoms with Gasteiger partial charge >= 0.3 is 0 Å². The topological polar surface area (TPSA) is 29.1 Å². The fourth-order valence-electron chi connectivity index (χ4n) is 1.76. The van der Waals surface area contributed by atoms with Crippen molar-refractivity contribution in [2.45, 2.75) is 52.0 Å². The minimum absolute atomic E-state index is 0.169. The van der Waals surface area contributed by atoms with Crippen molar-refractivity contribution in [1.82, 2.24) is 5.32 Å². The maximum absolute atomic E-state index is 11.7. The van der Waals surface area contributed by atoms with Gasteiger partial charge < -0.3 is 5.32 Å². The second-order valence-corrected chi connectivity index (χ2v) is 4.19. The Hall–Kier alpha value is -0.370. The summed E-state index contributed by atoms with van der Waals surface area (Å²) in [6, 6.07) is 0.169. The molecule has 0 radical (unpaired) electrons. The minimum atomic E-state index is 0.169. The van der Waals surface area contributed by atoms with Crippen molar-refractivity contribution in [3.05, 3.63) is 0 Å². The average Bonchev–Trinajstić information content (AvgIpc) is 2.19. The lowest BCUT2D eigenvalue weighted by atomic mass is 9.93. The smallest absolute Gasteiger partial charge is 0.150 e. The lowest BCUT2D eigenvalue weighted by Crippen LogP contribution is -2.40. The van der Waals surface area contributed by atoms with Gasteiger partial charge in [-0.15, -0.1) is 0 Å². The number of ketones is 1. The molecule has 2 atom stereocenters. The molecule has 0 aromatic heterocycles. The minimum Gasteiger partial charge on any atom is -0.307 e. The van der Waals surface area contributed by atoms with Gasteiger partial charge in [-0.2, -0.15) is 0 Å². The van der Waals surface area contributed by atoms with Crippen molar-refractivity contribution in [3.8, 4) is 0 Å². The lowest BCUT2D eigenvalue weighted by Gasteiger charge is -2.23. The summed E-state index contributed by atoms with van der Waals surface area (Å²) in [5, 5.41) is 3.30. The largest absolute Gasteiger partial charge is 0.307 e. The zero-order valence-corrected chi connectivity index (χ0v) is 8.81. The van der Waals surface area contributed by atoms with E-state index in [1.807, 2.05) is 0 Å². The maximum Gasteiger partial charge on any atom is 0.150 e. The molecule has 2 unspecified atom stereocenters. The molecule has 76 valence electrons. The van der Waals surface area contributed by atoms with Gasteiger partial charge in [-0.05, 0) is 25.3 Å². The maximum atomic E-state index is 11.7. The normalized spacial score (nSPS) is 25.5. The third-order valence-electron chi connectivity index (χ3n) is 2.95. The fourth-order valence-corrected chi connectivity index (χ4v) is 1.76. The third kappa shape index (κ3) is 3.47. The SMILES string of the molecule is CCC(C)CC(=O)C1CCCCN1. The van der Waals surface area contributed by atoms with E-state index >= 15 is 0 Å². The quantitative estimate of drug-likeness (QED) is 0.723. The van der Waals surface area contributed by atoms with Gasteiger partial charge in [0.05, 0.1) is 6.04 Å². The first-order valence-electron chi connectivity index (χ1n) is 5.50. The number of nitrogens with one attached hydrogen (secondary N) is 1. The van der Waals surface area contributed by atoms with Crippen LogP contribution in [0.25, 0.3) is 0 Å². The van der Waals surface area contributed by atoms with Crippen LogP contribution in [0.3, 0.4) is 0 Å². The van der Waals surface area contributed by atoms with E-state index in [0.717, 1.165) is 25.8 Å². The number of hydrogen-bond acceptors (Lipinski definition) is 2. The molecule has 0 amide bonds. The van der Waals surface area contributed by atoms with Crippen molar-refractivity contribution < 1.29 is 4.79 Å². The van der Waals surface area contributed by atoms with E-state index in [-0.39, 0.29) is 6.04 Å². The first-order chi connectivity index (χ1) is 6.24. The molecule has 1 N–H and O–H groups in total. The summed E-state index contributed by atoms with van der Waals surface area (Å²) >= 11 is 0. The molecule has 1 aliphatic rings. The van der Waals surface area contributed by atoms with Crippen molar-refractivity contribution >= 4 is 5.78 Å². The van der Waals surface area contributed by atoms with Gasteiger partial charge in [0.25, 0.3) is 0 Å². The Bertz CT molecular complexity index is 161. The molecule has 13 heavy (non-hydrogen) atoms. The lowest BCUT2D eigenvalue weighted by molar-refractivity contribution is -0.122. The second-order valence-electron chi connectivity index (χ2n) is 4.19. The highest BCUT2D eigenvalue weighted by atomic mass is 16.1. The molecule has 1 fully saturated rings. The van der Waals surface area contributed by atoms with Crippen LogP contribution in [0, 0.1) is 5.92 Å². The fraction of sp³-hybridized carbons (Fsp3) is 0.909. The van der Waals surface area contributed by atoms with E-state index in [1.165, 1.54) is 12.8 Å². The van der Waals surface area contributed by atoms with E-state index in [4.69, 9.17) is 0 Å². The molecular weight excluding hydrogens is 162 g/mol. The van der Waals surface area contributed by atoms with Crippen LogP contribution >= 0.6 is 0 Å². The first-order valence-corrected chi connectivity index (χ1v) is 5.50. The van der Waals surface area contributed by atoms with Gasteiger partial charge in [0, 0.05) is 6.42 Å². The predicted octanol–water partition coefficient (Wildman–Crippen LogP) is 2.13. The molecule has 0 saturated carbocycles. The predicted molar refractivity (Wildman–Crippen MR) is 54.7 cm³/mol. The number of rotatable bonds is 4. The highest BCUT2D eigenvalue weighted by Gasteiger charge is 2.21. The monoisotopic (exact) mass is 183 g/mol. The van der Waals surface area contributed by atoms with E-state index in [0.29, 0.717) is 11.7 Å². The molecule has 0 aliphatic carbocycles. The Kier molecular flexibility index (Phi) is 4.43. The first kappa shape index (κ1) is 10.7. The highest BCUT2D eigenvalue weighted by molar-refractivity contribution is 5.84. The van der Waals surface area contributed by atoms with Crippen LogP contribution in [0.1, 0.15) is 46.0 Å². The zero-order chi connectivity index (χ0) is 9.68. The van der Waals surface area contributed by atoms with Gasteiger partial charge in [0.15, 0.2) is 0 Å². The Labute approximate surface area is 81.1 Å². The van der Waals surface area contributed by atoms with Crippen molar-refractivity contribution in [1.29, 1.82) is 0 Å². The van der Waals surface area contributed by atoms with Crippen molar-refractivity contribution in [2.24, 2.45) is 5.92 Å². The van der Waals surface area contributed by atoms with Gasteiger partial charge in [-0.3, -0.25) is 4.79 Å². The number of hydrogen-bond donors (Lipinski definition) is 1. The molecule has 2 heteroatoms. The molecular formula is C11H21NO. The number of Topliss-reactive ketones (excluding diaryl/α,β-unsaturated/α-hetero) is 1. The van der Waals surface area contributed by atoms with Crippen molar-refractivity contribution in [2.75, 3.05) is 6.54 Å². The summed E-state index contributed by atoms with van der Waals surface area (Å²) in [6.45, 7) is 5.32. The van der Waals surface area contributed by atoms with Gasteiger partial charge in [-0.25, -0.2) is 0 Å². The molecule has 0 aromatic rings.